The molecule has 0 amide bonds. The topological polar surface area (TPSA) is 16.4 Å². The van der Waals surface area contributed by atoms with Gasteiger partial charge in [-0.05, 0) is 97.7 Å². The zero-order chi connectivity index (χ0) is 33.0. The second-order valence-corrected chi connectivity index (χ2v) is 12.9. The Morgan fingerprint density at radius 3 is 1.78 bits per heavy atom. The Balaban J connectivity index is 1.16. The zero-order valence-corrected chi connectivity index (χ0v) is 27.3. The Kier molecular flexibility index (Phi) is 6.53. The Hall–Kier alpha value is -6.64. The lowest BCUT2D eigenvalue weighted by atomic mass is 9.93. The normalized spacial score (nSPS) is 11.6. The van der Waals surface area contributed by atoms with Crippen molar-refractivity contribution >= 4 is 71.3 Å². The third kappa shape index (κ3) is 4.65. The fraction of sp³-hybridized carbons (Fsp3) is 0. The molecule has 2 heteroatoms. The summed E-state index contributed by atoms with van der Waals surface area (Å²) in [6.07, 6.45) is 0. The maximum Gasteiger partial charge on any atom is 0.143 e. The van der Waals surface area contributed by atoms with Crippen LogP contribution in [0.5, 0.6) is 0 Å². The Morgan fingerprint density at radius 1 is 0.320 bits per heavy atom. The zero-order valence-electron chi connectivity index (χ0n) is 27.3. The highest BCUT2D eigenvalue weighted by Gasteiger charge is 2.18. The summed E-state index contributed by atoms with van der Waals surface area (Å²) in [5.41, 5.74) is 9.77. The smallest absolute Gasteiger partial charge is 0.143 e. The number of hydrogen-bond acceptors (Lipinski definition) is 2. The lowest BCUT2D eigenvalue weighted by molar-refractivity contribution is 0.672. The summed E-state index contributed by atoms with van der Waals surface area (Å²) in [6, 6.07) is 67.5. The van der Waals surface area contributed by atoms with Gasteiger partial charge in [-0.2, -0.15) is 0 Å². The van der Waals surface area contributed by atoms with Gasteiger partial charge < -0.3 is 9.32 Å². The largest absolute Gasteiger partial charge is 0.455 e. The van der Waals surface area contributed by atoms with Gasteiger partial charge in [-0.1, -0.05) is 133 Å². The molecule has 0 spiro atoms. The molecule has 0 unspecified atom stereocenters. The van der Waals surface area contributed by atoms with Crippen LogP contribution in [0, 0.1) is 0 Å². The SMILES string of the molecule is c1ccc(-c2ccc(N(c3cccc(-c4cc5ccccc5c5ccccc45)c3)c3ccc4c(c3)oc3c5ccccc5ccc43)cc2)cc1. The molecule has 2 nitrogen and oxygen atoms in total. The lowest BCUT2D eigenvalue weighted by Crippen LogP contribution is -2.10. The van der Waals surface area contributed by atoms with Gasteiger partial charge in [0, 0.05) is 39.3 Å². The number of rotatable bonds is 5. The summed E-state index contributed by atoms with van der Waals surface area (Å²) >= 11 is 0. The molecular weight excluding hydrogens is 607 g/mol. The third-order valence-electron chi connectivity index (χ3n) is 10.0. The summed E-state index contributed by atoms with van der Waals surface area (Å²) < 4.78 is 6.66. The van der Waals surface area contributed by atoms with Crippen LogP contribution in [0.1, 0.15) is 0 Å². The van der Waals surface area contributed by atoms with E-state index in [0.717, 1.165) is 44.4 Å². The Bertz CT molecular complexity index is 2870. The van der Waals surface area contributed by atoms with Crippen molar-refractivity contribution in [3.63, 3.8) is 0 Å². The molecule has 10 aromatic rings. The van der Waals surface area contributed by atoms with Crippen LogP contribution in [0.3, 0.4) is 0 Å². The molecule has 0 fully saturated rings. The van der Waals surface area contributed by atoms with Crippen molar-refractivity contribution in [2.24, 2.45) is 0 Å². The van der Waals surface area contributed by atoms with E-state index in [1.54, 1.807) is 0 Å². The molecule has 0 aliphatic rings. The van der Waals surface area contributed by atoms with Gasteiger partial charge in [-0.15, -0.1) is 0 Å². The van der Waals surface area contributed by atoms with E-state index in [4.69, 9.17) is 4.42 Å². The van der Waals surface area contributed by atoms with Crippen molar-refractivity contribution in [2.75, 3.05) is 4.90 Å². The van der Waals surface area contributed by atoms with Crippen molar-refractivity contribution in [2.45, 2.75) is 0 Å². The van der Waals surface area contributed by atoms with Gasteiger partial charge in [-0.25, -0.2) is 0 Å². The van der Waals surface area contributed by atoms with Gasteiger partial charge in [0.25, 0.3) is 0 Å². The quantitative estimate of drug-likeness (QED) is 0.175. The Labute approximate surface area is 290 Å². The van der Waals surface area contributed by atoms with E-state index in [2.05, 4.69) is 193 Å². The molecule has 10 rings (SSSR count). The van der Waals surface area contributed by atoms with E-state index in [0.29, 0.717) is 0 Å². The average molecular weight is 638 g/mol. The highest BCUT2D eigenvalue weighted by atomic mass is 16.3. The first-order valence-corrected chi connectivity index (χ1v) is 17.1. The van der Waals surface area contributed by atoms with E-state index in [1.807, 2.05) is 0 Å². The Morgan fingerprint density at radius 2 is 0.940 bits per heavy atom. The first-order chi connectivity index (χ1) is 24.8. The maximum absolute atomic E-state index is 6.66. The van der Waals surface area contributed by atoms with Gasteiger partial charge in [0.15, 0.2) is 0 Å². The van der Waals surface area contributed by atoms with Crippen LogP contribution in [-0.4, -0.2) is 0 Å². The second kappa shape index (κ2) is 11.5. The minimum Gasteiger partial charge on any atom is -0.455 e. The molecule has 50 heavy (non-hydrogen) atoms. The molecule has 9 aromatic carbocycles. The van der Waals surface area contributed by atoms with Crippen LogP contribution >= 0.6 is 0 Å². The van der Waals surface area contributed by atoms with Crippen LogP contribution in [0.25, 0.3) is 76.5 Å². The number of fused-ring (bicyclic) bond motifs is 8. The van der Waals surface area contributed by atoms with Crippen LogP contribution in [-0.2, 0) is 0 Å². The minimum atomic E-state index is 0.872. The first-order valence-electron chi connectivity index (χ1n) is 17.1. The molecule has 0 aliphatic heterocycles. The molecule has 234 valence electrons. The van der Waals surface area contributed by atoms with Crippen LogP contribution in [0.4, 0.5) is 17.1 Å². The molecule has 0 bridgehead atoms. The molecule has 1 heterocycles. The van der Waals surface area contributed by atoms with Crippen LogP contribution in [0.15, 0.2) is 192 Å². The fourth-order valence-corrected chi connectivity index (χ4v) is 7.62. The number of furan rings is 1. The van der Waals surface area contributed by atoms with E-state index in [-0.39, 0.29) is 0 Å². The van der Waals surface area contributed by atoms with Crippen molar-refractivity contribution < 1.29 is 4.42 Å². The highest BCUT2D eigenvalue weighted by molar-refractivity contribution is 6.16. The number of nitrogens with zero attached hydrogens (tertiary/aromatic N) is 1. The predicted molar refractivity (Wildman–Crippen MR) is 212 cm³/mol. The van der Waals surface area contributed by atoms with E-state index in [1.165, 1.54) is 49.2 Å². The average Bonchev–Trinajstić information content (AvgIpc) is 3.57. The predicted octanol–water partition coefficient (Wildman–Crippen LogP) is 13.8. The van der Waals surface area contributed by atoms with Crippen molar-refractivity contribution in [1.82, 2.24) is 0 Å². The van der Waals surface area contributed by atoms with Crippen molar-refractivity contribution in [3.05, 3.63) is 188 Å². The minimum absolute atomic E-state index is 0.872. The molecule has 0 saturated heterocycles. The maximum atomic E-state index is 6.66. The van der Waals surface area contributed by atoms with E-state index in [9.17, 15) is 0 Å². The van der Waals surface area contributed by atoms with Crippen LogP contribution in [0.2, 0.25) is 0 Å². The standard InChI is InChI=1S/C48H31NO/c1-2-11-32(12-3-1)33-21-24-37(25-22-33)49(39-26-28-44-45-27-23-34-13-4-7-18-41(34)48(45)50-47(44)31-39)38-16-10-15-35(29-38)46-30-36-14-5-6-17-40(36)42-19-8-9-20-43(42)46/h1-31H. The monoisotopic (exact) mass is 637 g/mol. The van der Waals surface area contributed by atoms with E-state index < -0.39 is 0 Å². The number of anilines is 3. The molecular formula is C48H31NO. The third-order valence-corrected chi connectivity index (χ3v) is 10.0. The van der Waals surface area contributed by atoms with Gasteiger partial charge >= 0.3 is 0 Å². The molecule has 0 atom stereocenters. The lowest BCUT2D eigenvalue weighted by Gasteiger charge is -2.26. The number of benzene rings is 9. The molecule has 0 aliphatic carbocycles. The molecule has 1 aromatic heterocycles. The highest BCUT2D eigenvalue weighted by Crippen LogP contribution is 2.42. The van der Waals surface area contributed by atoms with Crippen molar-refractivity contribution in [3.8, 4) is 22.3 Å². The fourth-order valence-electron chi connectivity index (χ4n) is 7.62. The second-order valence-electron chi connectivity index (χ2n) is 12.9. The summed E-state index contributed by atoms with van der Waals surface area (Å²) in [7, 11) is 0. The van der Waals surface area contributed by atoms with Gasteiger partial charge in [0.1, 0.15) is 11.2 Å². The summed E-state index contributed by atoms with van der Waals surface area (Å²) in [5.74, 6) is 0. The van der Waals surface area contributed by atoms with E-state index >= 15 is 0 Å². The van der Waals surface area contributed by atoms with Gasteiger partial charge in [-0.3, -0.25) is 0 Å². The van der Waals surface area contributed by atoms with Gasteiger partial charge in [0.05, 0.1) is 0 Å². The molecule has 0 radical (unpaired) electrons. The summed E-state index contributed by atoms with van der Waals surface area (Å²) in [4.78, 5) is 2.34. The molecule has 0 N–H and O–H groups in total. The van der Waals surface area contributed by atoms with Crippen LogP contribution < -0.4 is 4.90 Å². The van der Waals surface area contributed by atoms with Gasteiger partial charge in [0.2, 0.25) is 0 Å². The summed E-state index contributed by atoms with van der Waals surface area (Å²) in [5, 5.41) is 9.58. The van der Waals surface area contributed by atoms with Crippen molar-refractivity contribution in [1.29, 1.82) is 0 Å². The first kappa shape index (κ1) is 28.4. The molecule has 0 saturated carbocycles. The number of hydrogen-bond donors (Lipinski definition) is 0. The summed E-state index contributed by atoms with van der Waals surface area (Å²) in [6.45, 7) is 0.